The van der Waals surface area contributed by atoms with Gasteiger partial charge in [-0.15, -0.1) is 0 Å². The average Bonchev–Trinajstić information content (AvgIpc) is 2.72. The second-order valence-corrected chi connectivity index (χ2v) is 7.63. The van der Waals surface area contributed by atoms with Gasteiger partial charge in [-0.25, -0.2) is 0 Å². The van der Waals surface area contributed by atoms with Crippen molar-refractivity contribution in [3.8, 4) is 5.75 Å². The molecule has 1 saturated heterocycles. The van der Waals surface area contributed by atoms with Crippen molar-refractivity contribution in [1.82, 2.24) is 4.90 Å². The van der Waals surface area contributed by atoms with E-state index in [0.717, 1.165) is 67.0 Å². The van der Waals surface area contributed by atoms with Crippen molar-refractivity contribution < 1.29 is 9.53 Å². The maximum Gasteiger partial charge on any atom is 0.189 e. The number of rotatable bonds is 4. The Morgan fingerprint density at radius 3 is 2.46 bits per heavy atom. The third-order valence-electron chi connectivity index (χ3n) is 5.69. The third-order valence-corrected chi connectivity index (χ3v) is 5.69. The number of piperazine rings is 1. The fraction of sp³-hybridized carbons (Fsp3) is 0.375. The molecule has 0 unspecified atom stereocenters. The number of hydrogen-bond donors (Lipinski definition) is 0. The summed E-state index contributed by atoms with van der Waals surface area (Å²) in [6.45, 7) is 6.95. The Morgan fingerprint density at radius 1 is 1.00 bits per heavy atom. The molecular weight excluding hydrogens is 348 g/mol. The minimum atomic E-state index is 0.146. The van der Waals surface area contributed by atoms with E-state index in [-0.39, 0.29) is 5.78 Å². The summed E-state index contributed by atoms with van der Waals surface area (Å²) in [5, 5.41) is 0. The van der Waals surface area contributed by atoms with Crippen LogP contribution in [-0.4, -0.2) is 50.5 Å². The highest BCUT2D eigenvalue weighted by Gasteiger charge is 2.22. The van der Waals surface area contributed by atoms with E-state index < -0.39 is 0 Å². The number of likely N-dealkylation sites (N-methyl/N-ethyl adjacent to an activating group) is 1. The molecule has 1 heterocycles. The number of ketones is 1. The number of carbonyl (C=O) groups is 1. The second kappa shape index (κ2) is 8.19. The smallest absolute Gasteiger partial charge is 0.189 e. The van der Waals surface area contributed by atoms with E-state index in [2.05, 4.69) is 47.2 Å². The largest absolute Gasteiger partial charge is 0.494 e. The lowest BCUT2D eigenvalue weighted by atomic mass is 9.86. The Kier molecular flexibility index (Phi) is 5.49. The van der Waals surface area contributed by atoms with Gasteiger partial charge in [0.05, 0.1) is 6.61 Å². The van der Waals surface area contributed by atoms with Gasteiger partial charge in [0.25, 0.3) is 0 Å². The lowest BCUT2D eigenvalue weighted by Crippen LogP contribution is -2.44. The zero-order chi connectivity index (χ0) is 19.5. The van der Waals surface area contributed by atoms with E-state index in [0.29, 0.717) is 6.61 Å². The van der Waals surface area contributed by atoms with Gasteiger partial charge in [-0.1, -0.05) is 12.1 Å². The zero-order valence-electron chi connectivity index (χ0n) is 16.8. The number of anilines is 1. The molecule has 0 atom stereocenters. The van der Waals surface area contributed by atoms with Crippen LogP contribution in [0, 0.1) is 0 Å². The molecule has 0 amide bonds. The highest BCUT2D eigenvalue weighted by atomic mass is 16.5. The van der Waals surface area contributed by atoms with Crippen molar-refractivity contribution in [1.29, 1.82) is 0 Å². The second-order valence-electron chi connectivity index (χ2n) is 7.63. The fourth-order valence-electron chi connectivity index (χ4n) is 4.00. The minimum absolute atomic E-state index is 0.146. The van der Waals surface area contributed by atoms with Crippen LogP contribution in [0.1, 0.15) is 34.8 Å². The van der Waals surface area contributed by atoms with Crippen molar-refractivity contribution in [2.45, 2.75) is 19.8 Å². The summed E-state index contributed by atoms with van der Waals surface area (Å²) in [6, 6.07) is 14.4. The van der Waals surface area contributed by atoms with Crippen LogP contribution >= 0.6 is 0 Å². The Morgan fingerprint density at radius 2 is 1.75 bits per heavy atom. The van der Waals surface area contributed by atoms with Gasteiger partial charge in [0, 0.05) is 43.0 Å². The SMILES string of the molecule is CCOc1ccc2c(c1)CCC(=Cc1ccc(N3CCN(C)CC3)cc1)C2=O. The molecule has 4 heteroatoms. The van der Waals surface area contributed by atoms with E-state index in [4.69, 9.17) is 4.74 Å². The molecule has 2 aromatic carbocycles. The predicted octanol–water partition coefficient (Wildman–Crippen LogP) is 4.05. The van der Waals surface area contributed by atoms with Crippen LogP contribution in [0.4, 0.5) is 5.69 Å². The Labute approximate surface area is 167 Å². The summed E-state index contributed by atoms with van der Waals surface area (Å²) in [5.41, 5.74) is 5.16. The molecule has 0 radical (unpaired) electrons. The van der Waals surface area contributed by atoms with Crippen molar-refractivity contribution in [2.75, 3.05) is 44.7 Å². The summed E-state index contributed by atoms with van der Waals surface area (Å²) in [7, 11) is 2.17. The molecule has 0 spiro atoms. The highest BCUT2D eigenvalue weighted by Crippen LogP contribution is 2.30. The summed E-state index contributed by atoms with van der Waals surface area (Å²) in [4.78, 5) is 17.7. The minimum Gasteiger partial charge on any atom is -0.494 e. The summed E-state index contributed by atoms with van der Waals surface area (Å²) < 4.78 is 5.56. The van der Waals surface area contributed by atoms with Crippen LogP contribution in [0.15, 0.2) is 48.0 Å². The molecular formula is C24H28N2O2. The third kappa shape index (κ3) is 3.97. The van der Waals surface area contributed by atoms with Gasteiger partial charge < -0.3 is 14.5 Å². The molecule has 4 nitrogen and oxygen atoms in total. The number of carbonyl (C=O) groups excluding carboxylic acids is 1. The molecule has 146 valence electrons. The molecule has 1 aliphatic heterocycles. The molecule has 4 rings (SSSR count). The number of allylic oxidation sites excluding steroid dienone is 1. The van der Waals surface area contributed by atoms with E-state index in [1.165, 1.54) is 5.69 Å². The number of aryl methyl sites for hydroxylation is 1. The standard InChI is InChI=1S/C24H28N2O2/c1-3-28-22-10-11-23-19(17-22)6-7-20(24(23)27)16-18-4-8-21(9-5-18)26-14-12-25(2)13-15-26/h4-5,8-11,16-17H,3,6-7,12-15H2,1-2H3. The van der Waals surface area contributed by atoms with Crippen LogP contribution < -0.4 is 9.64 Å². The van der Waals surface area contributed by atoms with Crippen LogP contribution in [0.5, 0.6) is 5.75 Å². The monoisotopic (exact) mass is 376 g/mol. The maximum atomic E-state index is 12.9. The number of benzene rings is 2. The topological polar surface area (TPSA) is 32.8 Å². The Balaban J connectivity index is 1.49. The molecule has 1 aliphatic carbocycles. The summed E-state index contributed by atoms with van der Waals surface area (Å²) in [5.74, 6) is 0.994. The van der Waals surface area contributed by atoms with Crippen LogP contribution in [0.3, 0.4) is 0 Å². The molecule has 1 fully saturated rings. The molecule has 0 bridgehead atoms. The molecule has 2 aliphatic rings. The lowest BCUT2D eigenvalue weighted by molar-refractivity contribution is 0.102. The molecule has 28 heavy (non-hydrogen) atoms. The van der Waals surface area contributed by atoms with E-state index >= 15 is 0 Å². The first kappa shape index (κ1) is 18.8. The molecule has 2 aromatic rings. The van der Waals surface area contributed by atoms with E-state index in [1.54, 1.807) is 0 Å². The first-order valence-corrected chi connectivity index (χ1v) is 10.2. The molecule has 0 aromatic heterocycles. The normalized spacial score (nSPS) is 19.0. The average molecular weight is 377 g/mol. The number of Topliss-reactive ketones (excluding diaryl/α,β-unsaturated/α-hetero) is 1. The van der Waals surface area contributed by atoms with Crippen LogP contribution in [-0.2, 0) is 6.42 Å². The predicted molar refractivity (Wildman–Crippen MR) is 114 cm³/mol. The van der Waals surface area contributed by atoms with Gasteiger partial charge in [-0.2, -0.15) is 0 Å². The lowest BCUT2D eigenvalue weighted by Gasteiger charge is -2.34. The number of ether oxygens (including phenoxy) is 1. The Bertz CT molecular complexity index is 878. The molecule has 0 N–H and O–H groups in total. The number of nitrogens with zero attached hydrogens (tertiary/aromatic N) is 2. The van der Waals surface area contributed by atoms with Crippen molar-refractivity contribution >= 4 is 17.5 Å². The Hall–Kier alpha value is -2.59. The van der Waals surface area contributed by atoms with Crippen molar-refractivity contribution in [3.63, 3.8) is 0 Å². The first-order valence-electron chi connectivity index (χ1n) is 10.2. The number of fused-ring (bicyclic) bond motifs is 1. The van der Waals surface area contributed by atoms with Crippen molar-refractivity contribution in [3.05, 3.63) is 64.7 Å². The van der Waals surface area contributed by atoms with Gasteiger partial charge in [-0.05, 0) is 74.3 Å². The van der Waals surface area contributed by atoms with Gasteiger partial charge in [-0.3, -0.25) is 4.79 Å². The number of hydrogen-bond acceptors (Lipinski definition) is 4. The summed E-state index contributed by atoms with van der Waals surface area (Å²) >= 11 is 0. The zero-order valence-corrected chi connectivity index (χ0v) is 16.8. The van der Waals surface area contributed by atoms with E-state index in [1.807, 2.05) is 25.1 Å². The van der Waals surface area contributed by atoms with Crippen LogP contribution in [0.25, 0.3) is 6.08 Å². The van der Waals surface area contributed by atoms with Gasteiger partial charge in [0.15, 0.2) is 5.78 Å². The summed E-state index contributed by atoms with van der Waals surface area (Å²) in [6.07, 6.45) is 3.71. The fourth-order valence-corrected chi connectivity index (χ4v) is 4.00. The van der Waals surface area contributed by atoms with Gasteiger partial charge in [0.2, 0.25) is 0 Å². The molecule has 0 saturated carbocycles. The van der Waals surface area contributed by atoms with E-state index in [9.17, 15) is 4.79 Å². The first-order chi connectivity index (χ1) is 13.6. The van der Waals surface area contributed by atoms with Crippen molar-refractivity contribution in [2.24, 2.45) is 0 Å². The van der Waals surface area contributed by atoms with Gasteiger partial charge >= 0.3 is 0 Å². The quantitative estimate of drug-likeness (QED) is 0.754. The van der Waals surface area contributed by atoms with Crippen LogP contribution in [0.2, 0.25) is 0 Å². The van der Waals surface area contributed by atoms with Gasteiger partial charge in [0.1, 0.15) is 5.75 Å². The maximum absolute atomic E-state index is 12.9. The highest BCUT2D eigenvalue weighted by molar-refractivity contribution is 6.13.